The smallest absolute Gasteiger partial charge is 0.315 e. The van der Waals surface area contributed by atoms with Gasteiger partial charge >= 0.3 is 6.03 Å². The van der Waals surface area contributed by atoms with Gasteiger partial charge in [-0.2, -0.15) is 11.8 Å². The third kappa shape index (κ3) is 4.66. The summed E-state index contributed by atoms with van der Waals surface area (Å²) in [5.74, 6) is 1.12. The zero-order valence-electron chi connectivity index (χ0n) is 12.1. The van der Waals surface area contributed by atoms with Crippen LogP contribution in [0.5, 0.6) is 0 Å². The average molecular weight is 313 g/mol. The maximum absolute atomic E-state index is 12.0. The number of urea groups is 1. The zero-order valence-corrected chi connectivity index (χ0v) is 13.8. The summed E-state index contributed by atoms with van der Waals surface area (Å²) in [6, 6.07) is 0.265. The highest BCUT2D eigenvalue weighted by Crippen LogP contribution is 2.28. The Morgan fingerprint density at radius 2 is 2.30 bits per heavy atom. The van der Waals surface area contributed by atoms with Crippen LogP contribution in [0.1, 0.15) is 42.5 Å². The molecule has 0 aromatic carbocycles. The quantitative estimate of drug-likeness (QED) is 0.877. The molecule has 112 valence electrons. The molecule has 2 amide bonds. The van der Waals surface area contributed by atoms with Crippen LogP contribution < -0.4 is 10.6 Å². The minimum atomic E-state index is -0.0512. The fourth-order valence-electron chi connectivity index (χ4n) is 2.55. The number of thiazole rings is 1. The Balaban J connectivity index is 1.77. The third-order valence-corrected chi connectivity index (χ3v) is 5.73. The normalized spacial score (nSPS) is 22.5. The molecule has 2 atom stereocenters. The van der Waals surface area contributed by atoms with Crippen molar-refractivity contribution in [3.63, 3.8) is 0 Å². The second-order valence-corrected chi connectivity index (χ2v) is 7.89. The predicted octanol–water partition coefficient (Wildman–Crippen LogP) is 3.32. The lowest BCUT2D eigenvalue weighted by Gasteiger charge is -2.31. The van der Waals surface area contributed by atoms with Crippen molar-refractivity contribution >= 4 is 29.1 Å². The number of aromatic nitrogens is 1. The lowest BCUT2D eigenvalue weighted by Crippen LogP contribution is -2.47. The van der Waals surface area contributed by atoms with Crippen LogP contribution in [-0.4, -0.2) is 28.1 Å². The first-order valence-electron chi connectivity index (χ1n) is 7.26. The van der Waals surface area contributed by atoms with E-state index >= 15 is 0 Å². The van der Waals surface area contributed by atoms with E-state index in [9.17, 15) is 4.79 Å². The van der Waals surface area contributed by atoms with Crippen molar-refractivity contribution in [3.8, 4) is 0 Å². The fraction of sp³-hybridized carbons (Fsp3) is 0.714. The van der Waals surface area contributed by atoms with Crippen molar-refractivity contribution in [2.24, 2.45) is 0 Å². The van der Waals surface area contributed by atoms with E-state index < -0.39 is 0 Å². The molecular formula is C14H23N3OS2. The molecule has 0 aliphatic heterocycles. The van der Waals surface area contributed by atoms with Gasteiger partial charge in [0.1, 0.15) is 0 Å². The molecule has 1 saturated carbocycles. The van der Waals surface area contributed by atoms with E-state index in [0.717, 1.165) is 22.1 Å². The van der Waals surface area contributed by atoms with Crippen molar-refractivity contribution in [1.29, 1.82) is 0 Å². The lowest BCUT2D eigenvalue weighted by atomic mass is 9.95. The standard InChI is InChI=1S/C14H23N3OS2/c1-3-19-13-7-5-4-6-12(13)17-14(18)16-9-11-8-15-10(2)20-11/h8,12-13H,3-7,9H2,1-2H3,(H2,16,17,18)/t12-,13-/m0/s1. The van der Waals surface area contributed by atoms with Crippen molar-refractivity contribution in [3.05, 3.63) is 16.1 Å². The summed E-state index contributed by atoms with van der Waals surface area (Å²) in [6.07, 6.45) is 6.66. The zero-order chi connectivity index (χ0) is 14.4. The Kier molecular flexibility index (Phi) is 6.16. The maximum Gasteiger partial charge on any atom is 0.315 e. The van der Waals surface area contributed by atoms with Crippen molar-refractivity contribution < 1.29 is 4.79 Å². The van der Waals surface area contributed by atoms with Crippen LogP contribution in [-0.2, 0) is 6.54 Å². The largest absolute Gasteiger partial charge is 0.334 e. The highest BCUT2D eigenvalue weighted by molar-refractivity contribution is 7.99. The number of carbonyl (C=O) groups is 1. The second-order valence-electron chi connectivity index (χ2n) is 5.06. The molecule has 4 nitrogen and oxygen atoms in total. The molecule has 0 spiro atoms. The molecule has 1 aromatic rings. The van der Waals surface area contributed by atoms with Crippen LogP contribution in [0, 0.1) is 6.92 Å². The van der Waals surface area contributed by atoms with Gasteiger partial charge in [-0.05, 0) is 25.5 Å². The Morgan fingerprint density at radius 1 is 1.50 bits per heavy atom. The van der Waals surface area contributed by atoms with Crippen LogP contribution in [0.4, 0.5) is 4.79 Å². The topological polar surface area (TPSA) is 54.0 Å². The van der Waals surface area contributed by atoms with E-state index in [1.807, 2.05) is 24.9 Å². The molecule has 0 unspecified atom stereocenters. The summed E-state index contributed by atoms with van der Waals surface area (Å²) in [7, 11) is 0. The van der Waals surface area contributed by atoms with E-state index in [2.05, 4.69) is 22.5 Å². The van der Waals surface area contributed by atoms with E-state index in [1.54, 1.807) is 11.3 Å². The molecule has 1 aliphatic rings. The number of aryl methyl sites for hydroxylation is 1. The predicted molar refractivity (Wildman–Crippen MR) is 86.4 cm³/mol. The molecular weight excluding hydrogens is 290 g/mol. The highest BCUT2D eigenvalue weighted by Gasteiger charge is 2.26. The van der Waals surface area contributed by atoms with E-state index in [-0.39, 0.29) is 6.03 Å². The van der Waals surface area contributed by atoms with E-state index in [1.165, 1.54) is 19.3 Å². The van der Waals surface area contributed by atoms with E-state index in [4.69, 9.17) is 0 Å². The summed E-state index contributed by atoms with van der Waals surface area (Å²) in [5, 5.41) is 7.69. The van der Waals surface area contributed by atoms with Crippen molar-refractivity contribution in [2.45, 2.75) is 57.4 Å². The molecule has 20 heavy (non-hydrogen) atoms. The number of thioether (sulfide) groups is 1. The third-order valence-electron chi connectivity index (χ3n) is 3.49. The lowest BCUT2D eigenvalue weighted by molar-refractivity contribution is 0.233. The summed E-state index contributed by atoms with van der Waals surface area (Å²) in [6.45, 7) is 4.72. The van der Waals surface area contributed by atoms with E-state index in [0.29, 0.717) is 17.8 Å². The molecule has 1 aromatic heterocycles. The van der Waals surface area contributed by atoms with Gasteiger partial charge in [0.2, 0.25) is 0 Å². The van der Waals surface area contributed by atoms with Gasteiger partial charge in [0.25, 0.3) is 0 Å². The van der Waals surface area contributed by atoms with Gasteiger partial charge in [-0.3, -0.25) is 0 Å². The number of hydrogen-bond acceptors (Lipinski definition) is 4. The first-order chi connectivity index (χ1) is 9.69. The number of carbonyl (C=O) groups excluding carboxylic acids is 1. The van der Waals surface area contributed by atoms with Crippen LogP contribution in [0.15, 0.2) is 6.20 Å². The number of nitrogens with zero attached hydrogens (tertiary/aromatic N) is 1. The highest BCUT2D eigenvalue weighted by atomic mass is 32.2. The Bertz CT molecular complexity index is 434. The van der Waals surface area contributed by atoms with Crippen LogP contribution in [0.2, 0.25) is 0 Å². The Labute approximate surface area is 129 Å². The summed E-state index contributed by atoms with van der Waals surface area (Å²) < 4.78 is 0. The second kappa shape index (κ2) is 7.88. The van der Waals surface area contributed by atoms with Gasteiger partial charge in [0.15, 0.2) is 0 Å². The van der Waals surface area contributed by atoms with Crippen LogP contribution in [0.3, 0.4) is 0 Å². The van der Waals surface area contributed by atoms with Gasteiger partial charge in [-0.15, -0.1) is 11.3 Å². The molecule has 0 radical (unpaired) electrons. The van der Waals surface area contributed by atoms with Gasteiger partial charge in [0.05, 0.1) is 11.6 Å². The first-order valence-corrected chi connectivity index (χ1v) is 9.13. The van der Waals surface area contributed by atoms with Gasteiger partial charge in [-0.1, -0.05) is 19.8 Å². The number of hydrogen-bond donors (Lipinski definition) is 2. The molecule has 2 N–H and O–H groups in total. The first kappa shape index (κ1) is 15.6. The maximum atomic E-state index is 12.0. The number of amides is 2. The minimum absolute atomic E-state index is 0.0512. The summed E-state index contributed by atoms with van der Waals surface area (Å²) in [4.78, 5) is 17.3. The molecule has 0 saturated heterocycles. The fourth-order valence-corrected chi connectivity index (χ4v) is 4.48. The molecule has 1 fully saturated rings. The molecule has 6 heteroatoms. The monoisotopic (exact) mass is 313 g/mol. The summed E-state index contributed by atoms with van der Waals surface area (Å²) in [5.41, 5.74) is 0. The Morgan fingerprint density at radius 3 is 3.00 bits per heavy atom. The SMILES string of the molecule is CCS[C@H]1CCCC[C@@H]1NC(=O)NCc1cnc(C)s1. The molecule has 1 heterocycles. The Hall–Kier alpha value is -0.750. The van der Waals surface area contributed by atoms with Crippen molar-refractivity contribution in [2.75, 3.05) is 5.75 Å². The van der Waals surface area contributed by atoms with Crippen molar-refractivity contribution in [1.82, 2.24) is 15.6 Å². The average Bonchev–Trinajstić information content (AvgIpc) is 2.85. The number of nitrogens with one attached hydrogen (secondary N) is 2. The summed E-state index contributed by atoms with van der Waals surface area (Å²) >= 11 is 3.60. The van der Waals surface area contributed by atoms with Crippen LogP contribution >= 0.6 is 23.1 Å². The number of rotatable bonds is 5. The van der Waals surface area contributed by atoms with Crippen LogP contribution in [0.25, 0.3) is 0 Å². The van der Waals surface area contributed by atoms with Gasteiger partial charge in [-0.25, -0.2) is 9.78 Å². The minimum Gasteiger partial charge on any atom is -0.334 e. The molecule has 0 bridgehead atoms. The van der Waals surface area contributed by atoms with Gasteiger partial charge in [0, 0.05) is 22.4 Å². The van der Waals surface area contributed by atoms with Gasteiger partial charge < -0.3 is 10.6 Å². The molecule has 1 aliphatic carbocycles. The molecule has 2 rings (SSSR count).